The molecule has 1 unspecified atom stereocenters. The van der Waals surface area contributed by atoms with Gasteiger partial charge < -0.3 is 25.6 Å². The monoisotopic (exact) mass is 468 g/mol. The van der Waals surface area contributed by atoms with Crippen LogP contribution in [-0.4, -0.2) is 53.5 Å². The number of hydrogen-bond acceptors (Lipinski definition) is 5. The molecule has 2 aromatic carbocycles. The lowest BCUT2D eigenvalue weighted by atomic mass is 9.98. The number of nitrogens with one attached hydrogen (secondary N) is 2. The Labute approximate surface area is 199 Å². The fraction of sp³-hybridized carbons (Fsp3) is 0.423. The summed E-state index contributed by atoms with van der Waals surface area (Å²) in [6.45, 7) is 3.76. The van der Waals surface area contributed by atoms with Gasteiger partial charge in [0.1, 0.15) is 12.6 Å². The Morgan fingerprint density at radius 3 is 2.09 bits per heavy atom. The highest BCUT2D eigenvalue weighted by molar-refractivity contribution is 5.86. The number of benzene rings is 2. The molecule has 0 bridgehead atoms. The minimum absolute atomic E-state index is 0.0831. The number of carbonyl (C=O) groups is 3. The number of carboxylic acids is 1. The fourth-order valence-corrected chi connectivity index (χ4v) is 4.37. The first-order valence-electron chi connectivity index (χ1n) is 11.5. The number of fused-ring (bicyclic) bond motifs is 3. The summed E-state index contributed by atoms with van der Waals surface area (Å²) in [7, 11) is 0. The number of amides is 2. The van der Waals surface area contributed by atoms with Crippen molar-refractivity contribution in [1.82, 2.24) is 10.6 Å². The van der Waals surface area contributed by atoms with E-state index in [0.29, 0.717) is 6.42 Å². The van der Waals surface area contributed by atoms with Gasteiger partial charge >= 0.3 is 12.1 Å². The number of aliphatic carboxylic acids is 1. The summed E-state index contributed by atoms with van der Waals surface area (Å²) < 4.78 is 5.50. The van der Waals surface area contributed by atoms with Gasteiger partial charge in [-0.3, -0.25) is 9.59 Å². The molecule has 0 saturated carbocycles. The average molecular weight is 469 g/mol. The predicted molar refractivity (Wildman–Crippen MR) is 127 cm³/mol. The van der Waals surface area contributed by atoms with Crippen LogP contribution in [0.1, 0.15) is 50.2 Å². The van der Waals surface area contributed by atoms with Crippen molar-refractivity contribution in [2.24, 2.45) is 5.92 Å². The third-order valence-corrected chi connectivity index (χ3v) is 5.92. The van der Waals surface area contributed by atoms with Crippen molar-refractivity contribution in [3.05, 3.63) is 59.7 Å². The molecule has 2 atom stereocenters. The summed E-state index contributed by atoms with van der Waals surface area (Å²) in [6, 6.07) is 14.3. The molecule has 0 spiro atoms. The highest BCUT2D eigenvalue weighted by Crippen LogP contribution is 2.44. The maximum Gasteiger partial charge on any atom is 0.407 e. The van der Waals surface area contributed by atoms with Gasteiger partial charge in [0.25, 0.3) is 0 Å². The Hall–Kier alpha value is -3.39. The van der Waals surface area contributed by atoms with Gasteiger partial charge in [-0.1, -0.05) is 62.4 Å². The van der Waals surface area contributed by atoms with Crippen molar-refractivity contribution in [3.8, 4) is 11.1 Å². The Kier molecular flexibility index (Phi) is 8.65. The van der Waals surface area contributed by atoms with Gasteiger partial charge in [-0.2, -0.15) is 0 Å². The average Bonchev–Trinajstić information content (AvgIpc) is 3.13. The lowest BCUT2D eigenvalue weighted by Gasteiger charge is -2.23. The van der Waals surface area contributed by atoms with Gasteiger partial charge in [0, 0.05) is 12.3 Å². The first-order valence-corrected chi connectivity index (χ1v) is 11.5. The number of carbonyl (C=O) groups excluding carboxylic acids is 2. The van der Waals surface area contributed by atoms with Crippen LogP contribution in [0.2, 0.25) is 0 Å². The van der Waals surface area contributed by atoms with Crippen molar-refractivity contribution in [2.75, 3.05) is 13.2 Å². The quantitative estimate of drug-likeness (QED) is 0.401. The number of aliphatic hydroxyl groups is 1. The molecule has 3 rings (SSSR count). The number of rotatable bonds is 11. The largest absolute Gasteiger partial charge is 0.481 e. The van der Waals surface area contributed by atoms with Crippen LogP contribution in [0, 0.1) is 5.92 Å². The third kappa shape index (κ3) is 6.35. The number of ether oxygens (including phenoxy) is 1. The summed E-state index contributed by atoms with van der Waals surface area (Å²) in [5, 5.41) is 23.8. The molecule has 0 heterocycles. The highest BCUT2D eigenvalue weighted by atomic mass is 16.5. The maximum absolute atomic E-state index is 12.7. The molecule has 0 radical (unpaired) electrons. The van der Waals surface area contributed by atoms with Crippen LogP contribution < -0.4 is 10.6 Å². The van der Waals surface area contributed by atoms with E-state index in [-0.39, 0.29) is 37.9 Å². The van der Waals surface area contributed by atoms with Crippen LogP contribution in [0.5, 0.6) is 0 Å². The Bertz CT molecular complexity index is 976. The van der Waals surface area contributed by atoms with E-state index in [0.717, 1.165) is 22.3 Å². The third-order valence-electron chi connectivity index (χ3n) is 5.92. The molecule has 0 aromatic heterocycles. The van der Waals surface area contributed by atoms with E-state index in [1.807, 2.05) is 62.4 Å². The van der Waals surface area contributed by atoms with Gasteiger partial charge in [0.15, 0.2) is 0 Å². The van der Waals surface area contributed by atoms with Crippen molar-refractivity contribution in [2.45, 2.75) is 51.1 Å². The van der Waals surface area contributed by atoms with Gasteiger partial charge in [0.2, 0.25) is 5.91 Å². The van der Waals surface area contributed by atoms with Gasteiger partial charge in [0.05, 0.1) is 12.6 Å². The lowest BCUT2D eigenvalue weighted by molar-refractivity contribution is -0.137. The van der Waals surface area contributed by atoms with Crippen molar-refractivity contribution in [3.63, 3.8) is 0 Å². The smallest absolute Gasteiger partial charge is 0.407 e. The van der Waals surface area contributed by atoms with E-state index in [1.165, 1.54) is 0 Å². The maximum atomic E-state index is 12.7. The molecule has 4 N–H and O–H groups in total. The summed E-state index contributed by atoms with van der Waals surface area (Å²) in [6.07, 6.45) is -0.628. The molecule has 8 nitrogen and oxygen atoms in total. The Morgan fingerprint density at radius 1 is 0.971 bits per heavy atom. The second-order valence-electron chi connectivity index (χ2n) is 8.97. The van der Waals surface area contributed by atoms with Crippen LogP contribution >= 0.6 is 0 Å². The molecular weight excluding hydrogens is 436 g/mol. The number of alkyl carbamates (subject to hydrolysis) is 1. The molecule has 0 aliphatic heterocycles. The van der Waals surface area contributed by atoms with Gasteiger partial charge in [-0.15, -0.1) is 0 Å². The Balaban J connectivity index is 1.65. The van der Waals surface area contributed by atoms with Crippen molar-refractivity contribution < 1.29 is 29.3 Å². The van der Waals surface area contributed by atoms with Crippen LogP contribution in [0.25, 0.3) is 11.1 Å². The number of carboxylic acid groups (broad SMARTS) is 1. The summed E-state index contributed by atoms with van der Waals surface area (Å²) >= 11 is 0. The van der Waals surface area contributed by atoms with Crippen LogP contribution in [0.4, 0.5) is 4.79 Å². The molecular formula is C26H32N2O6. The normalized spacial score (nSPS) is 14.1. The van der Waals surface area contributed by atoms with E-state index in [2.05, 4.69) is 10.6 Å². The molecule has 2 aromatic rings. The van der Waals surface area contributed by atoms with Crippen LogP contribution in [0.15, 0.2) is 48.5 Å². The minimum atomic E-state index is -1.09. The van der Waals surface area contributed by atoms with E-state index < -0.39 is 30.1 Å². The molecule has 1 aliphatic rings. The summed E-state index contributed by atoms with van der Waals surface area (Å²) in [5.74, 6) is -1.51. The molecule has 2 amide bonds. The van der Waals surface area contributed by atoms with E-state index in [4.69, 9.17) is 9.84 Å². The number of aliphatic hydroxyl groups excluding tert-OH is 1. The molecule has 182 valence electrons. The molecule has 1 aliphatic carbocycles. The van der Waals surface area contributed by atoms with Gasteiger partial charge in [-0.05, 0) is 41.0 Å². The SMILES string of the molecule is CC(C)C[C@@H](CO)NC(=O)C(CCC(=O)O)NC(=O)OCC1c2ccccc2-c2ccccc21. The fourth-order valence-electron chi connectivity index (χ4n) is 4.37. The van der Waals surface area contributed by atoms with E-state index in [9.17, 15) is 19.5 Å². The van der Waals surface area contributed by atoms with E-state index >= 15 is 0 Å². The zero-order chi connectivity index (χ0) is 24.7. The second kappa shape index (κ2) is 11.7. The standard InChI is InChI=1S/C26H32N2O6/c1-16(2)13-17(14-29)27-25(32)23(11-12-24(30)31)28-26(33)34-15-22-20-9-5-3-7-18(20)19-8-4-6-10-21(19)22/h3-10,16-17,22-23,29H,11-15H2,1-2H3,(H,27,32)(H,28,33)(H,30,31)/t17-,23?/m0/s1. The topological polar surface area (TPSA) is 125 Å². The molecule has 34 heavy (non-hydrogen) atoms. The Morgan fingerprint density at radius 2 is 1.56 bits per heavy atom. The first-order chi connectivity index (χ1) is 16.3. The van der Waals surface area contributed by atoms with Crippen LogP contribution in [0.3, 0.4) is 0 Å². The van der Waals surface area contributed by atoms with Crippen molar-refractivity contribution in [1.29, 1.82) is 0 Å². The molecule has 0 fully saturated rings. The zero-order valence-corrected chi connectivity index (χ0v) is 19.5. The first kappa shape index (κ1) is 25.2. The highest BCUT2D eigenvalue weighted by Gasteiger charge is 2.30. The van der Waals surface area contributed by atoms with Gasteiger partial charge in [-0.25, -0.2) is 4.79 Å². The molecule has 0 saturated heterocycles. The second-order valence-corrected chi connectivity index (χ2v) is 8.97. The minimum Gasteiger partial charge on any atom is -0.481 e. The zero-order valence-electron chi connectivity index (χ0n) is 19.5. The predicted octanol–water partition coefficient (Wildman–Crippen LogP) is 3.28. The molecule has 8 heteroatoms. The van der Waals surface area contributed by atoms with Crippen molar-refractivity contribution >= 4 is 18.0 Å². The van der Waals surface area contributed by atoms with E-state index in [1.54, 1.807) is 0 Å². The lowest BCUT2D eigenvalue weighted by Crippen LogP contribution is -2.51. The van der Waals surface area contributed by atoms with Crippen LogP contribution in [-0.2, 0) is 14.3 Å². The summed E-state index contributed by atoms with van der Waals surface area (Å²) in [5.41, 5.74) is 4.34. The summed E-state index contributed by atoms with van der Waals surface area (Å²) in [4.78, 5) is 36.4. The number of hydrogen-bond donors (Lipinski definition) is 4.